The van der Waals surface area contributed by atoms with E-state index < -0.39 is 0 Å². The van der Waals surface area contributed by atoms with Gasteiger partial charge in [-0.1, -0.05) is 36.4 Å². The van der Waals surface area contributed by atoms with Crippen molar-refractivity contribution >= 4 is 16.9 Å². The zero-order valence-corrected chi connectivity index (χ0v) is 13.9. The Morgan fingerprint density at radius 1 is 1.08 bits per heavy atom. The molecule has 0 aliphatic rings. The summed E-state index contributed by atoms with van der Waals surface area (Å²) in [6.07, 6.45) is 0.224. The summed E-state index contributed by atoms with van der Waals surface area (Å²) in [6.45, 7) is 5.25. The minimum absolute atomic E-state index is 0.135. The van der Waals surface area contributed by atoms with Crippen LogP contribution in [0.5, 0.6) is 0 Å². The van der Waals surface area contributed by atoms with Crippen LogP contribution in [0.4, 0.5) is 5.95 Å². The number of anilines is 1. The Kier molecular flexibility index (Phi) is 4.91. The van der Waals surface area contributed by atoms with Crippen molar-refractivity contribution in [3.8, 4) is 0 Å². The van der Waals surface area contributed by atoms with Crippen LogP contribution in [-0.2, 0) is 17.9 Å². The first-order chi connectivity index (χ1) is 11.6. The quantitative estimate of drug-likeness (QED) is 0.729. The molecule has 0 spiro atoms. The van der Waals surface area contributed by atoms with Gasteiger partial charge in [-0.15, -0.1) is 0 Å². The van der Waals surface area contributed by atoms with Gasteiger partial charge in [-0.25, -0.2) is 4.98 Å². The number of para-hydroxylation sites is 1. The standard InChI is InChI=1S/C19H21N3O2/c1-13(2)24-12-15-9-7-14(8-10-15)11-20-19-21-17-6-4-3-5-16(17)18(23)22-19/h3-10,13H,11-12H2,1-2H3,(H2,20,21,22,23). The van der Waals surface area contributed by atoms with Gasteiger partial charge in [0.2, 0.25) is 5.95 Å². The monoisotopic (exact) mass is 323 g/mol. The van der Waals surface area contributed by atoms with Crippen molar-refractivity contribution in [3.05, 3.63) is 70.0 Å². The number of rotatable bonds is 6. The fraction of sp³-hybridized carbons (Fsp3) is 0.263. The summed E-state index contributed by atoms with van der Waals surface area (Å²) in [7, 11) is 0. The molecule has 0 saturated carbocycles. The third kappa shape index (κ3) is 4.00. The molecule has 5 nitrogen and oxygen atoms in total. The van der Waals surface area contributed by atoms with Crippen molar-refractivity contribution in [1.82, 2.24) is 9.97 Å². The van der Waals surface area contributed by atoms with Gasteiger partial charge in [0.25, 0.3) is 5.56 Å². The molecule has 0 aliphatic heterocycles. The summed E-state index contributed by atoms with van der Waals surface area (Å²) in [5.41, 5.74) is 2.80. The molecule has 0 saturated heterocycles. The summed E-state index contributed by atoms with van der Waals surface area (Å²) in [4.78, 5) is 19.2. The Morgan fingerprint density at radius 2 is 1.79 bits per heavy atom. The Hall–Kier alpha value is -2.66. The molecular formula is C19H21N3O2. The van der Waals surface area contributed by atoms with E-state index in [1.54, 1.807) is 6.07 Å². The highest BCUT2D eigenvalue weighted by atomic mass is 16.5. The number of hydrogen-bond donors (Lipinski definition) is 2. The zero-order chi connectivity index (χ0) is 16.9. The van der Waals surface area contributed by atoms with Crippen LogP contribution in [0.25, 0.3) is 10.9 Å². The third-order valence-electron chi connectivity index (χ3n) is 3.68. The van der Waals surface area contributed by atoms with Crippen molar-refractivity contribution in [2.75, 3.05) is 5.32 Å². The van der Waals surface area contributed by atoms with Gasteiger partial charge in [0, 0.05) is 6.54 Å². The van der Waals surface area contributed by atoms with E-state index in [4.69, 9.17) is 4.74 Å². The van der Waals surface area contributed by atoms with Crippen LogP contribution in [0.2, 0.25) is 0 Å². The molecule has 1 aromatic heterocycles. The van der Waals surface area contributed by atoms with Crippen molar-refractivity contribution in [3.63, 3.8) is 0 Å². The van der Waals surface area contributed by atoms with Crippen LogP contribution in [0.15, 0.2) is 53.3 Å². The number of hydrogen-bond acceptors (Lipinski definition) is 4. The molecule has 3 aromatic rings. The summed E-state index contributed by atoms with van der Waals surface area (Å²) in [6, 6.07) is 15.5. The molecule has 3 rings (SSSR count). The maximum absolute atomic E-state index is 12.0. The Labute approximate surface area is 140 Å². The van der Waals surface area contributed by atoms with Gasteiger partial charge in [-0.2, -0.15) is 0 Å². The second kappa shape index (κ2) is 7.27. The molecule has 0 unspecified atom stereocenters. The van der Waals surface area contributed by atoms with Crippen LogP contribution >= 0.6 is 0 Å². The number of H-pyrrole nitrogens is 1. The summed E-state index contributed by atoms with van der Waals surface area (Å²) in [5, 5.41) is 3.76. The number of benzene rings is 2. The van der Waals surface area contributed by atoms with E-state index in [1.807, 2.05) is 44.2 Å². The molecule has 24 heavy (non-hydrogen) atoms. The molecule has 2 N–H and O–H groups in total. The summed E-state index contributed by atoms with van der Waals surface area (Å²) >= 11 is 0. The first-order valence-corrected chi connectivity index (χ1v) is 8.04. The maximum atomic E-state index is 12.0. The second-order valence-corrected chi connectivity index (χ2v) is 5.96. The molecule has 1 heterocycles. The maximum Gasteiger partial charge on any atom is 0.260 e. The lowest BCUT2D eigenvalue weighted by Gasteiger charge is -2.09. The fourth-order valence-electron chi connectivity index (χ4n) is 2.37. The van der Waals surface area contributed by atoms with E-state index in [0.717, 1.165) is 11.1 Å². The Balaban J connectivity index is 1.66. The van der Waals surface area contributed by atoms with Crippen LogP contribution in [-0.4, -0.2) is 16.1 Å². The second-order valence-electron chi connectivity index (χ2n) is 5.96. The normalized spacial score (nSPS) is 11.1. The number of nitrogens with zero attached hydrogens (tertiary/aromatic N) is 1. The fourth-order valence-corrected chi connectivity index (χ4v) is 2.37. The molecule has 124 valence electrons. The van der Waals surface area contributed by atoms with Gasteiger partial charge < -0.3 is 10.1 Å². The highest BCUT2D eigenvalue weighted by Gasteiger charge is 2.03. The molecular weight excluding hydrogens is 302 g/mol. The topological polar surface area (TPSA) is 67.0 Å². The van der Waals surface area contributed by atoms with Crippen LogP contribution < -0.4 is 10.9 Å². The smallest absolute Gasteiger partial charge is 0.260 e. The molecule has 2 aromatic carbocycles. The summed E-state index contributed by atoms with van der Waals surface area (Å²) < 4.78 is 5.59. The first-order valence-electron chi connectivity index (χ1n) is 8.04. The molecule has 0 bridgehead atoms. The predicted octanol–water partition coefficient (Wildman–Crippen LogP) is 3.46. The number of fused-ring (bicyclic) bond motifs is 1. The number of aromatic nitrogens is 2. The van der Waals surface area contributed by atoms with Gasteiger partial charge in [-0.3, -0.25) is 9.78 Å². The van der Waals surface area contributed by atoms with E-state index in [9.17, 15) is 4.79 Å². The summed E-state index contributed by atoms with van der Waals surface area (Å²) in [5.74, 6) is 0.478. The predicted molar refractivity (Wildman–Crippen MR) is 96.1 cm³/mol. The SMILES string of the molecule is CC(C)OCc1ccc(CNc2nc3ccccc3c(=O)[nH]2)cc1. The molecule has 0 radical (unpaired) electrons. The highest BCUT2D eigenvalue weighted by Crippen LogP contribution is 2.11. The van der Waals surface area contributed by atoms with E-state index >= 15 is 0 Å². The largest absolute Gasteiger partial charge is 0.374 e. The van der Waals surface area contributed by atoms with Crippen molar-refractivity contribution < 1.29 is 4.74 Å². The first kappa shape index (κ1) is 16.2. The highest BCUT2D eigenvalue weighted by molar-refractivity contribution is 5.78. The van der Waals surface area contributed by atoms with Gasteiger partial charge in [-0.05, 0) is 37.1 Å². The van der Waals surface area contributed by atoms with Gasteiger partial charge in [0.1, 0.15) is 0 Å². The van der Waals surface area contributed by atoms with Crippen molar-refractivity contribution in [2.45, 2.75) is 33.1 Å². The molecule has 5 heteroatoms. The molecule has 0 amide bonds. The van der Waals surface area contributed by atoms with E-state index in [0.29, 0.717) is 30.0 Å². The lowest BCUT2D eigenvalue weighted by Crippen LogP contribution is -2.13. The van der Waals surface area contributed by atoms with E-state index in [1.165, 1.54) is 0 Å². The third-order valence-corrected chi connectivity index (χ3v) is 3.68. The lowest BCUT2D eigenvalue weighted by molar-refractivity contribution is 0.0657. The number of nitrogens with one attached hydrogen (secondary N) is 2. The van der Waals surface area contributed by atoms with Crippen LogP contribution in [0, 0.1) is 0 Å². The Morgan fingerprint density at radius 3 is 2.54 bits per heavy atom. The number of ether oxygens (including phenoxy) is 1. The molecule has 0 atom stereocenters. The average molecular weight is 323 g/mol. The molecule has 0 fully saturated rings. The van der Waals surface area contributed by atoms with Crippen LogP contribution in [0.1, 0.15) is 25.0 Å². The van der Waals surface area contributed by atoms with Crippen molar-refractivity contribution in [2.24, 2.45) is 0 Å². The Bertz CT molecular complexity index is 870. The zero-order valence-electron chi connectivity index (χ0n) is 13.9. The minimum atomic E-state index is -0.135. The van der Waals surface area contributed by atoms with E-state index in [2.05, 4.69) is 27.4 Å². The lowest BCUT2D eigenvalue weighted by atomic mass is 10.1. The molecule has 0 aliphatic carbocycles. The average Bonchev–Trinajstić information content (AvgIpc) is 2.59. The van der Waals surface area contributed by atoms with Crippen LogP contribution in [0.3, 0.4) is 0 Å². The van der Waals surface area contributed by atoms with Gasteiger partial charge in [0.05, 0.1) is 23.6 Å². The minimum Gasteiger partial charge on any atom is -0.374 e. The van der Waals surface area contributed by atoms with Crippen molar-refractivity contribution in [1.29, 1.82) is 0 Å². The van der Waals surface area contributed by atoms with Gasteiger partial charge in [0.15, 0.2) is 0 Å². The number of aromatic amines is 1. The van der Waals surface area contributed by atoms with Gasteiger partial charge >= 0.3 is 0 Å². The van der Waals surface area contributed by atoms with E-state index in [-0.39, 0.29) is 11.7 Å².